The molecule has 1 radical (unpaired) electrons. The predicted molar refractivity (Wildman–Crippen MR) is 37.1 cm³/mol. The molecule has 0 saturated heterocycles. The summed E-state index contributed by atoms with van der Waals surface area (Å²) in [5.41, 5.74) is 1.16. The van der Waals surface area contributed by atoms with Crippen LogP contribution in [0.5, 0.6) is 0 Å². The molecule has 0 atom stereocenters. The maximum Gasteiger partial charge on any atom is 0.0403 e. The fraction of sp³-hybridized carbons (Fsp3) is 0.375. The molecule has 1 rings (SSSR count). The van der Waals surface area contributed by atoms with Crippen LogP contribution in [-0.4, -0.2) is 4.98 Å². The Balaban J connectivity index is 2.61. The van der Waals surface area contributed by atoms with Crippen molar-refractivity contribution in [2.75, 3.05) is 0 Å². The highest BCUT2D eigenvalue weighted by Gasteiger charge is 1.86. The van der Waals surface area contributed by atoms with Gasteiger partial charge >= 0.3 is 0 Å². The molecule has 0 bridgehead atoms. The maximum atomic E-state index is 4.11. The van der Waals surface area contributed by atoms with Crippen LogP contribution < -0.4 is 0 Å². The average molecular weight is 120 g/mol. The van der Waals surface area contributed by atoms with Crippen LogP contribution in [0.15, 0.2) is 18.3 Å². The average Bonchev–Trinajstić information content (AvgIpc) is 1.91. The van der Waals surface area contributed by atoms with Gasteiger partial charge in [-0.1, -0.05) is 19.4 Å². The third-order valence-corrected chi connectivity index (χ3v) is 1.18. The Bertz CT molecular complexity index is 157. The molecule has 0 aromatic carbocycles. The second kappa shape index (κ2) is 3.23. The van der Waals surface area contributed by atoms with Gasteiger partial charge in [0.1, 0.15) is 0 Å². The quantitative estimate of drug-likeness (QED) is 0.580. The highest BCUT2D eigenvalue weighted by molar-refractivity contribution is 5.01. The minimum absolute atomic E-state index is 1.08. The Labute approximate surface area is 55.7 Å². The van der Waals surface area contributed by atoms with Crippen LogP contribution in [0.3, 0.4) is 0 Å². The summed E-state index contributed by atoms with van der Waals surface area (Å²) in [4.78, 5) is 4.11. The lowest BCUT2D eigenvalue weighted by molar-refractivity contribution is 0.882. The van der Waals surface area contributed by atoms with Crippen molar-refractivity contribution >= 4 is 0 Å². The van der Waals surface area contributed by atoms with Crippen LogP contribution in [0.25, 0.3) is 0 Å². The first kappa shape index (κ1) is 6.27. The number of hydrogen-bond donors (Lipinski definition) is 0. The van der Waals surface area contributed by atoms with Gasteiger partial charge in [-0.3, -0.25) is 4.98 Å². The molecule has 1 aromatic heterocycles. The van der Waals surface area contributed by atoms with Gasteiger partial charge < -0.3 is 0 Å². The van der Waals surface area contributed by atoms with E-state index in [9.17, 15) is 0 Å². The molecule has 0 aliphatic rings. The van der Waals surface area contributed by atoms with E-state index < -0.39 is 0 Å². The third kappa shape index (κ3) is 1.84. The van der Waals surface area contributed by atoms with E-state index in [0.717, 1.165) is 18.5 Å². The van der Waals surface area contributed by atoms with Gasteiger partial charge in [0.2, 0.25) is 0 Å². The molecule has 0 unspecified atom stereocenters. The van der Waals surface area contributed by atoms with Crippen LogP contribution in [-0.2, 0) is 6.42 Å². The second-order valence-electron chi connectivity index (χ2n) is 2.00. The largest absolute Gasteiger partial charge is 0.261 e. The lowest BCUT2D eigenvalue weighted by Crippen LogP contribution is -1.85. The molecular weight excluding hydrogens is 110 g/mol. The molecule has 1 nitrogen and oxygen atoms in total. The minimum atomic E-state index is 1.08. The molecule has 1 heterocycles. The van der Waals surface area contributed by atoms with E-state index in [4.69, 9.17) is 0 Å². The second-order valence-corrected chi connectivity index (χ2v) is 2.00. The molecule has 1 heteroatoms. The van der Waals surface area contributed by atoms with Gasteiger partial charge in [-0.05, 0) is 12.5 Å². The lowest BCUT2D eigenvalue weighted by Gasteiger charge is -1.92. The normalized spacial score (nSPS) is 9.44. The summed E-state index contributed by atoms with van der Waals surface area (Å²) in [7, 11) is 0. The van der Waals surface area contributed by atoms with E-state index >= 15 is 0 Å². The first-order valence-electron chi connectivity index (χ1n) is 3.24. The number of aromatic nitrogens is 1. The molecule has 0 saturated carbocycles. The van der Waals surface area contributed by atoms with Crippen molar-refractivity contribution in [2.45, 2.75) is 19.8 Å². The van der Waals surface area contributed by atoms with E-state index in [2.05, 4.69) is 18.0 Å². The van der Waals surface area contributed by atoms with Gasteiger partial charge in [-0.15, -0.1) is 0 Å². The fourth-order valence-electron chi connectivity index (χ4n) is 0.755. The van der Waals surface area contributed by atoms with Crippen LogP contribution in [0.2, 0.25) is 0 Å². The zero-order valence-electron chi connectivity index (χ0n) is 5.59. The summed E-state index contributed by atoms with van der Waals surface area (Å²) in [5, 5.41) is 0. The third-order valence-electron chi connectivity index (χ3n) is 1.18. The number of hydrogen-bond acceptors (Lipinski definition) is 1. The zero-order valence-corrected chi connectivity index (χ0v) is 5.59. The number of aryl methyl sites for hydroxylation is 1. The molecule has 47 valence electrons. The Morgan fingerprint density at radius 2 is 2.56 bits per heavy atom. The standard InChI is InChI=1S/C8H10N/c1-2-5-8-6-3-4-7-9-8/h3,6-7H,2,5H2,1H3. The van der Waals surface area contributed by atoms with Gasteiger partial charge in [0.05, 0.1) is 0 Å². The van der Waals surface area contributed by atoms with Crippen molar-refractivity contribution in [2.24, 2.45) is 0 Å². The van der Waals surface area contributed by atoms with Crippen molar-refractivity contribution in [3.05, 3.63) is 30.1 Å². The summed E-state index contributed by atoms with van der Waals surface area (Å²) in [5.74, 6) is 0. The van der Waals surface area contributed by atoms with Crippen LogP contribution in [0, 0.1) is 6.07 Å². The summed E-state index contributed by atoms with van der Waals surface area (Å²) in [6, 6.07) is 6.78. The highest BCUT2D eigenvalue weighted by atomic mass is 14.7. The Hall–Kier alpha value is -0.850. The molecule has 0 amide bonds. The Morgan fingerprint density at radius 3 is 3.11 bits per heavy atom. The van der Waals surface area contributed by atoms with Crippen molar-refractivity contribution in [3.63, 3.8) is 0 Å². The molecule has 0 N–H and O–H groups in total. The molecule has 1 aromatic rings. The van der Waals surface area contributed by atoms with E-state index in [1.807, 2.05) is 12.1 Å². The lowest BCUT2D eigenvalue weighted by atomic mass is 10.2. The van der Waals surface area contributed by atoms with E-state index in [0.29, 0.717) is 0 Å². The Morgan fingerprint density at radius 1 is 1.67 bits per heavy atom. The molecular formula is C8H10N. The van der Waals surface area contributed by atoms with Crippen LogP contribution in [0.1, 0.15) is 19.0 Å². The minimum Gasteiger partial charge on any atom is -0.261 e. The molecule has 9 heavy (non-hydrogen) atoms. The van der Waals surface area contributed by atoms with E-state index in [1.165, 1.54) is 0 Å². The number of pyridine rings is 1. The number of nitrogens with zero attached hydrogens (tertiary/aromatic N) is 1. The van der Waals surface area contributed by atoms with Crippen molar-refractivity contribution in [3.8, 4) is 0 Å². The van der Waals surface area contributed by atoms with Gasteiger partial charge in [0, 0.05) is 18.0 Å². The zero-order chi connectivity index (χ0) is 6.53. The summed E-state index contributed by atoms with van der Waals surface area (Å²) in [6.45, 7) is 2.15. The first-order chi connectivity index (χ1) is 4.43. The van der Waals surface area contributed by atoms with Gasteiger partial charge in [-0.25, -0.2) is 0 Å². The van der Waals surface area contributed by atoms with Gasteiger partial charge in [0.25, 0.3) is 0 Å². The molecule has 0 fully saturated rings. The van der Waals surface area contributed by atoms with Crippen molar-refractivity contribution in [1.29, 1.82) is 0 Å². The van der Waals surface area contributed by atoms with Crippen molar-refractivity contribution in [1.82, 2.24) is 4.98 Å². The number of rotatable bonds is 2. The van der Waals surface area contributed by atoms with Gasteiger partial charge in [-0.2, -0.15) is 0 Å². The fourth-order valence-corrected chi connectivity index (χ4v) is 0.755. The van der Waals surface area contributed by atoms with Gasteiger partial charge in [0.15, 0.2) is 0 Å². The van der Waals surface area contributed by atoms with E-state index in [1.54, 1.807) is 6.20 Å². The molecule has 0 spiro atoms. The Kier molecular flexibility index (Phi) is 2.25. The molecule has 0 aliphatic heterocycles. The monoisotopic (exact) mass is 120 g/mol. The van der Waals surface area contributed by atoms with Crippen LogP contribution in [0.4, 0.5) is 0 Å². The maximum absolute atomic E-state index is 4.11. The smallest absolute Gasteiger partial charge is 0.0403 e. The first-order valence-corrected chi connectivity index (χ1v) is 3.24. The highest BCUT2D eigenvalue weighted by Crippen LogP contribution is 1.95. The summed E-state index contributed by atoms with van der Waals surface area (Å²) < 4.78 is 0. The topological polar surface area (TPSA) is 12.9 Å². The predicted octanol–water partition coefficient (Wildman–Crippen LogP) is 1.83. The van der Waals surface area contributed by atoms with E-state index in [-0.39, 0.29) is 0 Å². The van der Waals surface area contributed by atoms with Crippen LogP contribution >= 0.6 is 0 Å². The summed E-state index contributed by atoms with van der Waals surface area (Å²) >= 11 is 0. The SMILES string of the molecule is CCCc1cc[c]cn1. The molecule has 0 aliphatic carbocycles. The summed E-state index contributed by atoms with van der Waals surface area (Å²) in [6.07, 6.45) is 3.96. The van der Waals surface area contributed by atoms with Crippen molar-refractivity contribution < 1.29 is 0 Å².